The fourth-order valence-electron chi connectivity index (χ4n) is 2.17. The van der Waals surface area contributed by atoms with Gasteiger partial charge in [-0.2, -0.15) is 0 Å². The van der Waals surface area contributed by atoms with Gasteiger partial charge in [-0.25, -0.2) is 9.78 Å². The first-order chi connectivity index (χ1) is 11.6. The summed E-state index contributed by atoms with van der Waals surface area (Å²) < 4.78 is 7.19. The summed E-state index contributed by atoms with van der Waals surface area (Å²) >= 11 is 1.32. The maximum atomic E-state index is 12.1. The molecule has 7 nitrogen and oxygen atoms in total. The van der Waals surface area contributed by atoms with Gasteiger partial charge in [0.1, 0.15) is 0 Å². The molecule has 0 aliphatic carbocycles. The van der Waals surface area contributed by atoms with Crippen LogP contribution in [-0.2, 0) is 16.1 Å². The van der Waals surface area contributed by atoms with Crippen LogP contribution in [0.5, 0.6) is 0 Å². The third-order valence-electron chi connectivity index (χ3n) is 3.36. The summed E-state index contributed by atoms with van der Waals surface area (Å²) in [7, 11) is 1.65. The van der Waals surface area contributed by atoms with Crippen molar-refractivity contribution in [3.05, 3.63) is 24.3 Å². The number of imide groups is 1. The zero-order chi connectivity index (χ0) is 17.5. The average Bonchev–Trinajstić information content (AvgIpc) is 2.90. The first kappa shape index (κ1) is 18.3. The quantitative estimate of drug-likeness (QED) is 0.746. The Balaban J connectivity index is 2.15. The van der Waals surface area contributed by atoms with Gasteiger partial charge in [-0.3, -0.25) is 10.1 Å². The first-order valence-electron chi connectivity index (χ1n) is 7.76. The average molecular weight is 350 g/mol. The number of ether oxygens (including phenoxy) is 1. The molecule has 2 aromatic rings. The Morgan fingerprint density at radius 3 is 2.83 bits per heavy atom. The van der Waals surface area contributed by atoms with Crippen molar-refractivity contribution in [2.75, 3.05) is 20.3 Å². The number of nitrogens with one attached hydrogen (secondary N) is 2. The summed E-state index contributed by atoms with van der Waals surface area (Å²) in [6, 6.07) is 7.31. The molecule has 1 heterocycles. The summed E-state index contributed by atoms with van der Waals surface area (Å²) in [6.07, 6.45) is 0. The topological polar surface area (TPSA) is 85.3 Å². The molecular formula is C16H22N4O3S. The summed E-state index contributed by atoms with van der Waals surface area (Å²) in [5.41, 5.74) is 1.86. The number of nitrogens with zero attached hydrogens (tertiary/aromatic N) is 2. The van der Waals surface area contributed by atoms with E-state index < -0.39 is 11.3 Å². The number of rotatable bonds is 7. The van der Waals surface area contributed by atoms with Crippen molar-refractivity contribution in [1.82, 2.24) is 20.2 Å². The highest BCUT2D eigenvalue weighted by molar-refractivity contribution is 8.00. The number of urea groups is 1. The molecule has 130 valence electrons. The van der Waals surface area contributed by atoms with Crippen LogP contribution in [0.3, 0.4) is 0 Å². The molecular weight excluding hydrogens is 328 g/mol. The highest BCUT2D eigenvalue weighted by atomic mass is 32.2. The fraction of sp³-hybridized carbons (Fsp3) is 0.438. The van der Waals surface area contributed by atoms with E-state index in [1.807, 2.05) is 28.8 Å². The minimum Gasteiger partial charge on any atom is -0.383 e. The number of benzene rings is 1. The minimum absolute atomic E-state index is 0.351. The highest BCUT2D eigenvalue weighted by Crippen LogP contribution is 2.27. The van der Waals surface area contributed by atoms with Crippen molar-refractivity contribution in [2.24, 2.45) is 0 Å². The van der Waals surface area contributed by atoms with E-state index in [0.717, 1.165) is 16.2 Å². The van der Waals surface area contributed by atoms with Gasteiger partial charge in [-0.1, -0.05) is 23.9 Å². The number of hydrogen-bond donors (Lipinski definition) is 2. The number of thioether (sulfide) groups is 1. The van der Waals surface area contributed by atoms with Crippen LogP contribution in [0.15, 0.2) is 29.4 Å². The third kappa shape index (κ3) is 4.48. The summed E-state index contributed by atoms with van der Waals surface area (Å²) in [5, 5.41) is 5.14. The van der Waals surface area contributed by atoms with Gasteiger partial charge >= 0.3 is 6.03 Å². The Kier molecular flexibility index (Phi) is 6.62. The first-order valence-corrected chi connectivity index (χ1v) is 8.64. The number of amides is 3. The van der Waals surface area contributed by atoms with Gasteiger partial charge in [-0.15, -0.1) is 0 Å². The Bertz CT molecular complexity index is 716. The molecule has 0 fully saturated rings. The molecule has 0 aliphatic rings. The molecule has 0 spiro atoms. The van der Waals surface area contributed by atoms with Crippen LogP contribution >= 0.6 is 11.8 Å². The van der Waals surface area contributed by atoms with E-state index in [4.69, 9.17) is 4.74 Å². The predicted octanol–water partition coefficient (Wildman–Crippen LogP) is 2.01. The molecule has 2 N–H and O–H groups in total. The third-order valence-corrected chi connectivity index (χ3v) is 4.45. The van der Waals surface area contributed by atoms with Crippen molar-refractivity contribution in [2.45, 2.75) is 30.8 Å². The van der Waals surface area contributed by atoms with Crippen LogP contribution < -0.4 is 10.6 Å². The lowest BCUT2D eigenvalue weighted by atomic mass is 10.3. The molecule has 0 saturated carbocycles. The normalized spacial score (nSPS) is 12.1. The molecule has 1 aromatic heterocycles. The van der Waals surface area contributed by atoms with Gasteiger partial charge in [0.05, 0.1) is 22.9 Å². The van der Waals surface area contributed by atoms with Crippen LogP contribution in [0.4, 0.5) is 4.79 Å². The molecule has 0 saturated heterocycles. The molecule has 24 heavy (non-hydrogen) atoms. The van der Waals surface area contributed by atoms with Crippen molar-refractivity contribution < 1.29 is 14.3 Å². The Morgan fingerprint density at radius 2 is 2.12 bits per heavy atom. The van der Waals surface area contributed by atoms with E-state index >= 15 is 0 Å². The second kappa shape index (κ2) is 8.70. The fourth-order valence-corrected chi connectivity index (χ4v) is 3.12. The van der Waals surface area contributed by atoms with Crippen molar-refractivity contribution >= 4 is 34.7 Å². The SMILES string of the molecule is CCNC(=O)NC(=O)C(C)Sc1nc2ccccc2n1CCOC. The number of imidazole rings is 1. The molecule has 0 aliphatic heterocycles. The molecule has 0 bridgehead atoms. The molecule has 3 amide bonds. The van der Waals surface area contributed by atoms with E-state index in [1.54, 1.807) is 21.0 Å². The monoisotopic (exact) mass is 350 g/mol. The van der Waals surface area contributed by atoms with Gasteiger partial charge in [0.25, 0.3) is 0 Å². The highest BCUT2D eigenvalue weighted by Gasteiger charge is 2.20. The second-order valence-electron chi connectivity index (χ2n) is 5.14. The summed E-state index contributed by atoms with van der Waals surface area (Å²) in [5.74, 6) is -0.351. The maximum Gasteiger partial charge on any atom is 0.321 e. The number of methoxy groups -OCH3 is 1. The molecule has 8 heteroatoms. The van der Waals surface area contributed by atoms with E-state index in [-0.39, 0.29) is 5.91 Å². The Morgan fingerprint density at radius 1 is 1.38 bits per heavy atom. The van der Waals surface area contributed by atoms with E-state index in [2.05, 4.69) is 15.6 Å². The maximum absolute atomic E-state index is 12.1. The lowest BCUT2D eigenvalue weighted by Crippen LogP contribution is -2.42. The molecule has 1 aromatic carbocycles. The van der Waals surface area contributed by atoms with Gasteiger partial charge in [0, 0.05) is 20.2 Å². The van der Waals surface area contributed by atoms with Crippen molar-refractivity contribution in [1.29, 1.82) is 0 Å². The second-order valence-corrected chi connectivity index (χ2v) is 6.44. The molecule has 1 atom stereocenters. The number of carbonyl (C=O) groups excluding carboxylic acids is 2. The summed E-state index contributed by atoms with van der Waals surface area (Å²) in [4.78, 5) is 28.2. The van der Waals surface area contributed by atoms with Gasteiger partial charge in [-0.05, 0) is 26.0 Å². The Hall–Kier alpha value is -2.06. The summed E-state index contributed by atoms with van der Waals surface area (Å²) in [6.45, 7) is 5.20. The lowest BCUT2D eigenvalue weighted by molar-refractivity contribution is -0.119. The predicted molar refractivity (Wildman–Crippen MR) is 94.1 cm³/mol. The number of fused-ring (bicyclic) bond motifs is 1. The van der Waals surface area contributed by atoms with Crippen LogP contribution in [0.25, 0.3) is 11.0 Å². The lowest BCUT2D eigenvalue weighted by Gasteiger charge is -2.13. The minimum atomic E-state index is -0.483. The van der Waals surface area contributed by atoms with Crippen molar-refractivity contribution in [3.63, 3.8) is 0 Å². The van der Waals surface area contributed by atoms with Crippen LogP contribution in [-0.4, -0.2) is 47.0 Å². The van der Waals surface area contributed by atoms with Crippen LogP contribution in [0.2, 0.25) is 0 Å². The van der Waals surface area contributed by atoms with E-state index in [1.165, 1.54) is 11.8 Å². The zero-order valence-corrected chi connectivity index (χ0v) is 14.9. The number of hydrogen-bond acceptors (Lipinski definition) is 5. The number of para-hydroxylation sites is 2. The van der Waals surface area contributed by atoms with Crippen molar-refractivity contribution in [3.8, 4) is 0 Å². The molecule has 0 radical (unpaired) electrons. The van der Waals surface area contributed by atoms with Crippen LogP contribution in [0.1, 0.15) is 13.8 Å². The largest absolute Gasteiger partial charge is 0.383 e. The standard InChI is InChI=1S/C16H22N4O3S/c1-4-17-15(22)19-14(21)11(2)24-16-18-12-7-5-6-8-13(12)20(16)9-10-23-3/h5-8,11H,4,9-10H2,1-3H3,(H2,17,19,21,22). The zero-order valence-electron chi connectivity index (χ0n) is 14.0. The van der Waals surface area contributed by atoms with Gasteiger partial charge in [0.2, 0.25) is 5.91 Å². The van der Waals surface area contributed by atoms with Crippen LogP contribution in [0, 0.1) is 0 Å². The van der Waals surface area contributed by atoms with E-state index in [9.17, 15) is 9.59 Å². The van der Waals surface area contributed by atoms with Gasteiger partial charge in [0.15, 0.2) is 5.16 Å². The van der Waals surface area contributed by atoms with E-state index in [0.29, 0.717) is 19.7 Å². The molecule has 1 unspecified atom stereocenters. The Labute approximate surface area is 145 Å². The number of carbonyl (C=O) groups is 2. The number of aromatic nitrogens is 2. The van der Waals surface area contributed by atoms with Gasteiger partial charge < -0.3 is 14.6 Å². The smallest absolute Gasteiger partial charge is 0.321 e. The molecule has 2 rings (SSSR count).